The van der Waals surface area contributed by atoms with Gasteiger partial charge in [-0.25, -0.2) is 15.0 Å². The Kier molecular flexibility index (Phi) is 5.42. The summed E-state index contributed by atoms with van der Waals surface area (Å²) in [6.45, 7) is 2.60. The number of rotatable bonds is 5. The molecule has 0 saturated carbocycles. The highest BCUT2D eigenvalue weighted by Crippen LogP contribution is 2.32. The van der Waals surface area contributed by atoms with Crippen LogP contribution in [-0.2, 0) is 17.4 Å². The molecule has 10 heteroatoms. The zero-order chi connectivity index (χ0) is 21.3. The SMILES string of the molecule is Cc1cc(Nc2nccc(C(F)(F)F)n2)cc(-c2cnc(CC3CCNC3=O)s2)c1. The Morgan fingerprint density at radius 1 is 1.27 bits per heavy atom. The summed E-state index contributed by atoms with van der Waals surface area (Å²) in [6, 6.07) is 6.42. The normalized spacial score (nSPS) is 16.5. The Morgan fingerprint density at radius 2 is 2.10 bits per heavy atom. The van der Waals surface area contributed by atoms with Crippen LogP contribution in [0.2, 0.25) is 0 Å². The molecular weight excluding hydrogens is 415 g/mol. The maximum absolute atomic E-state index is 12.9. The van der Waals surface area contributed by atoms with Crippen molar-refractivity contribution in [2.75, 3.05) is 11.9 Å². The fraction of sp³-hybridized carbons (Fsp3) is 0.300. The second kappa shape index (κ2) is 8.02. The lowest BCUT2D eigenvalue weighted by molar-refractivity contribution is -0.141. The Balaban J connectivity index is 1.55. The Labute approximate surface area is 174 Å². The van der Waals surface area contributed by atoms with E-state index in [4.69, 9.17) is 0 Å². The van der Waals surface area contributed by atoms with Crippen LogP contribution in [0, 0.1) is 12.8 Å². The summed E-state index contributed by atoms with van der Waals surface area (Å²) in [7, 11) is 0. The number of aryl methyl sites for hydroxylation is 1. The smallest absolute Gasteiger partial charge is 0.356 e. The van der Waals surface area contributed by atoms with Crippen molar-refractivity contribution in [3.8, 4) is 10.4 Å². The van der Waals surface area contributed by atoms with Gasteiger partial charge in [0.25, 0.3) is 0 Å². The van der Waals surface area contributed by atoms with Gasteiger partial charge >= 0.3 is 6.18 Å². The van der Waals surface area contributed by atoms with E-state index < -0.39 is 11.9 Å². The molecule has 1 aliphatic heterocycles. The molecule has 0 spiro atoms. The van der Waals surface area contributed by atoms with Gasteiger partial charge in [-0.15, -0.1) is 11.3 Å². The third-order valence-corrected chi connectivity index (χ3v) is 5.77. The molecule has 2 aromatic heterocycles. The lowest BCUT2D eigenvalue weighted by atomic mass is 10.1. The summed E-state index contributed by atoms with van der Waals surface area (Å²) < 4.78 is 38.6. The lowest BCUT2D eigenvalue weighted by Crippen LogP contribution is -2.20. The number of aromatic nitrogens is 3. The molecule has 156 valence electrons. The number of amides is 1. The Morgan fingerprint density at radius 3 is 2.83 bits per heavy atom. The zero-order valence-electron chi connectivity index (χ0n) is 16.0. The fourth-order valence-electron chi connectivity index (χ4n) is 3.29. The molecule has 1 amide bonds. The Hall–Kier alpha value is -3.01. The number of carbonyl (C=O) groups is 1. The van der Waals surface area contributed by atoms with Gasteiger partial charge in [-0.2, -0.15) is 13.2 Å². The second-order valence-electron chi connectivity index (χ2n) is 7.07. The van der Waals surface area contributed by atoms with Crippen molar-refractivity contribution in [1.29, 1.82) is 0 Å². The minimum absolute atomic E-state index is 0.0446. The van der Waals surface area contributed by atoms with Crippen molar-refractivity contribution in [3.05, 3.63) is 52.9 Å². The van der Waals surface area contributed by atoms with Gasteiger partial charge in [-0.3, -0.25) is 4.79 Å². The fourth-order valence-corrected chi connectivity index (χ4v) is 4.28. The standard InChI is InChI=1S/C20H18F3N5OS/c1-11-6-13(15-10-26-17(30-15)9-12-2-4-24-18(12)29)8-14(7-11)27-19-25-5-3-16(28-19)20(21,22)23/h3,5-8,10,12H,2,4,9H2,1H3,(H,24,29)(H,25,27,28). The molecule has 0 aliphatic carbocycles. The van der Waals surface area contributed by atoms with Crippen LogP contribution in [0.3, 0.4) is 0 Å². The first-order chi connectivity index (χ1) is 14.3. The van der Waals surface area contributed by atoms with Gasteiger partial charge < -0.3 is 10.6 Å². The largest absolute Gasteiger partial charge is 0.433 e. The van der Waals surface area contributed by atoms with E-state index in [0.29, 0.717) is 18.7 Å². The van der Waals surface area contributed by atoms with E-state index in [0.717, 1.165) is 39.7 Å². The first-order valence-corrected chi connectivity index (χ1v) is 10.1. The van der Waals surface area contributed by atoms with Crippen LogP contribution in [0.4, 0.5) is 24.8 Å². The van der Waals surface area contributed by atoms with E-state index in [9.17, 15) is 18.0 Å². The van der Waals surface area contributed by atoms with Crippen LogP contribution in [0.15, 0.2) is 36.7 Å². The molecule has 2 N–H and O–H groups in total. The number of benzene rings is 1. The van der Waals surface area contributed by atoms with E-state index in [2.05, 4.69) is 25.6 Å². The van der Waals surface area contributed by atoms with E-state index >= 15 is 0 Å². The third-order valence-electron chi connectivity index (χ3n) is 4.70. The van der Waals surface area contributed by atoms with Gasteiger partial charge in [0.1, 0.15) is 5.69 Å². The van der Waals surface area contributed by atoms with Gasteiger partial charge in [0.05, 0.1) is 9.88 Å². The first-order valence-electron chi connectivity index (χ1n) is 9.30. The monoisotopic (exact) mass is 433 g/mol. The van der Waals surface area contributed by atoms with Crippen LogP contribution in [-0.4, -0.2) is 27.4 Å². The number of hydrogen-bond donors (Lipinski definition) is 2. The molecule has 3 heterocycles. The van der Waals surface area contributed by atoms with Gasteiger partial charge in [-0.1, -0.05) is 6.07 Å². The predicted molar refractivity (Wildman–Crippen MR) is 107 cm³/mol. The lowest BCUT2D eigenvalue weighted by Gasteiger charge is -2.10. The number of anilines is 2. The number of carbonyl (C=O) groups excluding carboxylic acids is 1. The summed E-state index contributed by atoms with van der Waals surface area (Å²) in [6.07, 6.45) is -0.295. The molecule has 4 rings (SSSR count). The summed E-state index contributed by atoms with van der Waals surface area (Å²) in [5.41, 5.74) is 1.38. The van der Waals surface area contributed by atoms with Crippen molar-refractivity contribution in [2.45, 2.75) is 25.9 Å². The van der Waals surface area contributed by atoms with Crippen molar-refractivity contribution >= 4 is 28.9 Å². The summed E-state index contributed by atoms with van der Waals surface area (Å²) in [4.78, 5) is 24.6. The summed E-state index contributed by atoms with van der Waals surface area (Å²) in [5.74, 6) is -0.106. The second-order valence-corrected chi connectivity index (χ2v) is 8.19. The minimum atomic E-state index is -4.54. The molecule has 1 aromatic carbocycles. The number of hydrogen-bond acceptors (Lipinski definition) is 6. The van der Waals surface area contributed by atoms with Gasteiger partial charge in [-0.05, 0) is 42.7 Å². The maximum atomic E-state index is 12.9. The Bertz CT molecular complexity index is 1080. The highest BCUT2D eigenvalue weighted by molar-refractivity contribution is 7.15. The van der Waals surface area contributed by atoms with E-state index in [-0.39, 0.29) is 17.8 Å². The highest BCUT2D eigenvalue weighted by Gasteiger charge is 2.32. The molecule has 1 unspecified atom stereocenters. The van der Waals surface area contributed by atoms with E-state index in [1.807, 2.05) is 19.1 Å². The van der Waals surface area contributed by atoms with Crippen LogP contribution < -0.4 is 10.6 Å². The van der Waals surface area contributed by atoms with Gasteiger partial charge in [0, 0.05) is 37.0 Å². The molecule has 1 fully saturated rings. The molecule has 30 heavy (non-hydrogen) atoms. The quantitative estimate of drug-likeness (QED) is 0.625. The van der Waals surface area contributed by atoms with Crippen molar-refractivity contribution < 1.29 is 18.0 Å². The number of nitrogens with zero attached hydrogens (tertiary/aromatic N) is 3. The van der Waals surface area contributed by atoms with Crippen LogP contribution >= 0.6 is 11.3 Å². The maximum Gasteiger partial charge on any atom is 0.433 e. The number of thiazole rings is 1. The zero-order valence-corrected chi connectivity index (χ0v) is 16.8. The van der Waals surface area contributed by atoms with Crippen LogP contribution in [0.25, 0.3) is 10.4 Å². The van der Waals surface area contributed by atoms with Gasteiger partial charge in [0.2, 0.25) is 11.9 Å². The summed E-state index contributed by atoms with van der Waals surface area (Å²) >= 11 is 1.51. The van der Waals surface area contributed by atoms with Crippen LogP contribution in [0.5, 0.6) is 0 Å². The van der Waals surface area contributed by atoms with Crippen molar-refractivity contribution in [3.63, 3.8) is 0 Å². The number of alkyl halides is 3. The molecule has 1 aliphatic rings. The first kappa shape index (κ1) is 20.3. The minimum Gasteiger partial charge on any atom is -0.356 e. The average molecular weight is 433 g/mol. The topological polar surface area (TPSA) is 79.8 Å². The molecule has 0 radical (unpaired) electrons. The molecule has 0 bridgehead atoms. The average Bonchev–Trinajstić information content (AvgIpc) is 3.31. The summed E-state index contributed by atoms with van der Waals surface area (Å²) in [5, 5.41) is 6.55. The van der Waals surface area contributed by atoms with Crippen molar-refractivity contribution in [2.24, 2.45) is 5.92 Å². The van der Waals surface area contributed by atoms with Crippen LogP contribution in [0.1, 0.15) is 22.7 Å². The molecule has 6 nitrogen and oxygen atoms in total. The molecular formula is C20H18F3N5OS. The number of halogens is 3. The van der Waals surface area contributed by atoms with E-state index in [1.54, 1.807) is 12.3 Å². The molecule has 1 saturated heterocycles. The van der Waals surface area contributed by atoms with Gasteiger partial charge in [0.15, 0.2) is 0 Å². The molecule has 1 atom stereocenters. The predicted octanol–water partition coefficient (Wildman–Crippen LogP) is 4.35. The van der Waals surface area contributed by atoms with Crippen molar-refractivity contribution in [1.82, 2.24) is 20.3 Å². The highest BCUT2D eigenvalue weighted by atomic mass is 32.1. The molecule has 3 aromatic rings. The van der Waals surface area contributed by atoms with E-state index in [1.165, 1.54) is 11.3 Å². The third kappa shape index (κ3) is 4.59. The number of nitrogens with one attached hydrogen (secondary N) is 2.